The van der Waals surface area contributed by atoms with E-state index in [1.165, 1.54) is 0 Å². The zero-order chi connectivity index (χ0) is 31.3. The van der Waals surface area contributed by atoms with Gasteiger partial charge in [0.2, 0.25) is 10.0 Å². The van der Waals surface area contributed by atoms with Crippen LogP contribution in [0.2, 0.25) is 0 Å². The van der Waals surface area contributed by atoms with Crippen LogP contribution in [0, 0.1) is 6.92 Å². The summed E-state index contributed by atoms with van der Waals surface area (Å²) < 4.78 is 34.6. The number of likely N-dealkylation sites (N-methyl/N-ethyl adjacent to an activating group) is 1. The van der Waals surface area contributed by atoms with Gasteiger partial charge in [-0.1, -0.05) is 0 Å². The molecule has 1 aromatic carbocycles. The third-order valence-electron chi connectivity index (χ3n) is 7.12. The average Bonchev–Trinajstić information content (AvgIpc) is 3.62. The first-order chi connectivity index (χ1) is 20.1. The minimum absolute atomic E-state index is 0.0183. The van der Waals surface area contributed by atoms with Gasteiger partial charge in [0.15, 0.2) is 11.5 Å². The van der Waals surface area contributed by atoms with E-state index in [0.717, 1.165) is 30.3 Å². The quantitative estimate of drug-likeness (QED) is 0.321. The van der Waals surface area contributed by atoms with Gasteiger partial charge in [-0.05, 0) is 46.2 Å². The molecule has 0 spiro atoms. The number of nitrogens with one attached hydrogen (secondary N) is 2. The van der Waals surface area contributed by atoms with Gasteiger partial charge < -0.3 is 24.3 Å². The van der Waals surface area contributed by atoms with Gasteiger partial charge in [0.05, 0.1) is 42.0 Å². The van der Waals surface area contributed by atoms with Gasteiger partial charge in [-0.25, -0.2) is 22.9 Å². The molecule has 0 aliphatic carbocycles. The molecule has 0 bridgehead atoms. The highest BCUT2D eigenvalue weighted by Crippen LogP contribution is 2.32. The Morgan fingerprint density at radius 3 is 2.60 bits per heavy atom. The van der Waals surface area contributed by atoms with Gasteiger partial charge in [-0.2, -0.15) is 5.10 Å². The summed E-state index contributed by atoms with van der Waals surface area (Å²) in [5, 5.41) is 8.26. The van der Waals surface area contributed by atoms with E-state index >= 15 is 0 Å². The van der Waals surface area contributed by atoms with Crippen LogP contribution in [-0.4, -0.2) is 87.5 Å². The predicted molar refractivity (Wildman–Crippen MR) is 163 cm³/mol. The van der Waals surface area contributed by atoms with Crippen molar-refractivity contribution in [2.75, 3.05) is 36.6 Å². The lowest BCUT2D eigenvalue weighted by Gasteiger charge is -2.29. The molecule has 1 unspecified atom stereocenters. The van der Waals surface area contributed by atoms with Crippen molar-refractivity contribution in [3.05, 3.63) is 47.7 Å². The number of hydrogen-bond donors (Lipinski definition) is 2. The molecular weight excluding hydrogens is 574 g/mol. The van der Waals surface area contributed by atoms with Crippen LogP contribution in [-0.2, 0) is 28.4 Å². The monoisotopic (exact) mass is 611 g/mol. The van der Waals surface area contributed by atoms with Crippen LogP contribution < -0.4 is 14.9 Å². The molecule has 5 rings (SSSR count). The molecule has 4 heterocycles. The molecule has 1 atom stereocenters. The van der Waals surface area contributed by atoms with Crippen LogP contribution in [0.15, 0.2) is 30.7 Å². The van der Waals surface area contributed by atoms with Crippen molar-refractivity contribution in [1.29, 1.82) is 0 Å². The third kappa shape index (κ3) is 6.72. The van der Waals surface area contributed by atoms with Crippen molar-refractivity contribution in [2.45, 2.75) is 52.3 Å². The summed E-state index contributed by atoms with van der Waals surface area (Å²) in [6.45, 7) is 8.66. The maximum atomic E-state index is 13.5. The number of nitrogens with zero attached hydrogens (tertiary/aromatic N) is 7. The first-order valence-corrected chi connectivity index (χ1v) is 15.8. The molecule has 3 aromatic heterocycles. The second-order valence-electron chi connectivity index (χ2n) is 11.9. The Morgan fingerprint density at radius 2 is 1.91 bits per heavy atom. The molecule has 230 valence electrons. The topological polar surface area (TPSA) is 156 Å². The summed E-state index contributed by atoms with van der Waals surface area (Å²) in [5.41, 5.74) is 2.81. The van der Waals surface area contributed by atoms with Gasteiger partial charge in [-0.15, -0.1) is 0 Å². The van der Waals surface area contributed by atoms with Crippen molar-refractivity contribution in [3.8, 4) is 0 Å². The number of anilines is 2. The van der Waals surface area contributed by atoms with Crippen LogP contribution >= 0.6 is 0 Å². The first-order valence-electron chi connectivity index (χ1n) is 13.9. The molecule has 1 saturated heterocycles. The summed E-state index contributed by atoms with van der Waals surface area (Å²) in [6.07, 6.45) is 6.79. The van der Waals surface area contributed by atoms with Crippen LogP contribution in [0.5, 0.6) is 0 Å². The smallest absolute Gasteiger partial charge is 0.410 e. The van der Waals surface area contributed by atoms with Crippen LogP contribution in [0.3, 0.4) is 0 Å². The molecule has 14 nitrogen and oxygen atoms in total. The molecular formula is C28H37N9O5S. The maximum absolute atomic E-state index is 13.5. The number of fused-ring (bicyclic) bond motifs is 2. The number of rotatable bonds is 7. The minimum atomic E-state index is -3.43. The zero-order valence-corrected chi connectivity index (χ0v) is 26.2. The van der Waals surface area contributed by atoms with E-state index in [1.54, 1.807) is 53.5 Å². The van der Waals surface area contributed by atoms with Gasteiger partial charge in [-0.3, -0.25) is 14.5 Å². The fourth-order valence-electron chi connectivity index (χ4n) is 5.19. The van der Waals surface area contributed by atoms with Gasteiger partial charge in [0.1, 0.15) is 11.1 Å². The summed E-state index contributed by atoms with van der Waals surface area (Å²) in [6, 6.07) is 3.63. The number of carbonyl (C=O) groups excluding carboxylic acids is 2. The van der Waals surface area contributed by atoms with Crippen LogP contribution in [0.25, 0.3) is 16.6 Å². The number of carbonyl (C=O) groups is 2. The minimum Gasteiger partial charge on any atom is -0.444 e. The molecule has 43 heavy (non-hydrogen) atoms. The first kappa shape index (κ1) is 30.2. The van der Waals surface area contributed by atoms with Gasteiger partial charge >= 0.3 is 6.09 Å². The Bertz CT molecular complexity index is 1820. The van der Waals surface area contributed by atoms with E-state index in [-0.39, 0.29) is 24.6 Å². The Balaban J connectivity index is 1.37. The third-order valence-corrected chi connectivity index (χ3v) is 7.79. The Morgan fingerprint density at radius 1 is 1.16 bits per heavy atom. The Kier molecular flexibility index (Phi) is 7.81. The maximum Gasteiger partial charge on any atom is 0.410 e. The number of benzene rings is 1. The van der Waals surface area contributed by atoms with E-state index in [4.69, 9.17) is 4.74 Å². The highest BCUT2D eigenvalue weighted by atomic mass is 32.2. The largest absolute Gasteiger partial charge is 0.444 e. The second kappa shape index (κ2) is 11.1. The molecule has 1 aliphatic heterocycles. The summed E-state index contributed by atoms with van der Waals surface area (Å²) in [4.78, 5) is 38.9. The lowest BCUT2D eigenvalue weighted by Crippen LogP contribution is -2.42. The summed E-state index contributed by atoms with van der Waals surface area (Å²) >= 11 is 0. The summed E-state index contributed by atoms with van der Waals surface area (Å²) in [7, 11) is 0.134. The van der Waals surface area contributed by atoms with Crippen molar-refractivity contribution >= 4 is 50.1 Å². The number of amides is 2. The van der Waals surface area contributed by atoms with E-state index in [2.05, 4.69) is 30.0 Å². The van der Waals surface area contributed by atoms with Crippen molar-refractivity contribution in [3.63, 3.8) is 0 Å². The van der Waals surface area contributed by atoms with Gasteiger partial charge in [0.25, 0.3) is 5.91 Å². The number of aromatic nitrogens is 5. The predicted octanol–water partition coefficient (Wildman–Crippen LogP) is 2.67. The van der Waals surface area contributed by atoms with Crippen molar-refractivity contribution in [1.82, 2.24) is 33.8 Å². The zero-order valence-electron chi connectivity index (χ0n) is 25.4. The second-order valence-corrected chi connectivity index (χ2v) is 13.7. The number of hydrogen-bond acceptors (Lipinski definition) is 9. The Hall–Kier alpha value is -4.24. The number of aryl methyl sites for hydroxylation is 2. The molecule has 0 radical (unpaired) electrons. The van der Waals surface area contributed by atoms with E-state index in [1.807, 2.05) is 33.0 Å². The number of sulfonamides is 1. The van der Waals surface area contributed by atoms with E-state index in [0.29, 0.717) is 40.5 Å². The molecule has 1 aliphatic rings. The summed E-state index contributed by atoms with van der Waals surface area (Å²) in [5.74, 6) is -0.0955. The Labute approximate surface area is 250 Å². The SMILES string of the molecule is Cc1cn2cc(NC(=O)c3ccc(N4CCC(N(C)C(=O)OC(C)(C)C)C4)c4cn(C)nc34)nc2c(CNS(C)(=O)=O)n1. The molecule has 2 N–H and O–H groups in total. The van der Waals surface area contributed by atoms with E-state index in [9.17, 15) is 18.0 Å². The van der Waals surface area contributed by atoms with Crippen LogP contribution in [0.1, 0.15) is 48.9 Å². The number of ether oxygens (including phenoxy) is 1. The highest BCUT2D eigenvalue weighted by Gasteiger charge is 2.32. The fourth-order valence-corrected chi connectivity index (χ4v) is 5.58. The van der Waals surface area contributed by atoms with E-state index < -0.39 is 15.6 Å². The van der Waals surface area contributed by atoms with Crippen LogP contribution in [0.4, 0.5) is 16.3 Å². The lowest BCUT2D eigenvalue weighted by atomic mass is 10.1. The highest BCUT2D eigenvalue weighted by molar-refractivity contribution is 7.88. The standard InChI is InChI=1S/C28H37N9O5S/c1-17-13-37-16-23(31-25(37)21(30-17)12-29-43(7,40)41)32-26(38)19-8-9-22(20-15-34(5)33-24(19)20)36-11-10-18(14-36)35(6)27(39)42-28(2,3)4/h8-9,13,15-16,18,29H,10-12,14H2,1-7H3,(H,32,38). The average molecular weight is 612 g/mol. The van der Waals surface area contributed by atoms with Gasteiger partial charge in [0, 0.05) is 50.7 Å². The van der Waals surface area contributed by atoms with Crippen molar-refractivity contribution < 1.29 is 22.7 Å². The molecule has 2 amide bonds. The lowest BCUT2D eigenvalue weighted by molar-refractivity contribution is 0.0237. The molecule has 1 fully saturated rings. The molecule has 15 heteroatoms. The molecule has 4 aromatic rings. The number of imidazole rings is 1. The normalized spacial score (nSPS) is 15.8. The fraction of sp³-hybridized carbons (Fsp3) is 0.464. The van der Waals surface area contributed by atoms with Crippen molar-refractivity contribution in [2.24, 2.45) is 7.05 Å². The molecule has 0 saturated carbocycles.